The Morgan fingerprint density at radius 1 is 0.630 bits per heavy atom. The van der Waals surface area contributed by atoms with Gasteiger partial charge >= 0.3 is 0 Å². The van der Waals surface area contributed by atoms with Crippen LogP contribution in [0.5, 0.6) is 0 Å². The zero-order valence-electron chi connectivity index (χ0n) is 33.4. The molecule has 0 aromatic rings. The number of aliphatic hydroxyl groups is 7. The van der Waals surface area contributed by atoms with Crippen molar-refractivity contribution in [3.63, 3.8) is 0 Å². The minimum absolute atomic E-state index is 0.232. The molecule has 0 aromatic heterocycles. The largest absolute Gasteiger partial charge is 0.394 e. The van der Waals surface area contributed by atoms with E-state index in [4.69, 9.17) is 9.47 Å². The smallest absolute Gasteiger partial charge is 0.249 e. The molecule has 0 bridgehead atoms. The Morgan fingerprint density at radius 3 is 1.63 bits per heavy atom. The molecule has 0 saturated carbocycles. The summed E-state index contributed by atoms with van der Waals surface area (Å²) in [6.07, 6.45) is 26.0. The summed E-state index contributed by atoms with van der Waals surface area (Å²) in [5.74, 6) is -0.727. The lowest BCUT2D eigenvalue weighted by atomic mass is 9.98. The van der Waals surface area contributed by atoms with Gasteiger partial charge in [-0.1, -0.05) is 107 Å². The summed E-state index contributed by atoms with van der Waals surface area (Å²) in [6.45, 7) is 3.31. The molecule has 8 N–H and O–H groups in total. The van der Waals surface area contributed by atoms with Crippen molar-refractivity contribution < 1.29 is 50.0 Å². The monoisotopic (exact) mass is 768 g/mol. The maximum absolute atomic E-state index is 13.0. The van der Waals surface area contributed by atoms with Gasteiger partial charge in [0.2, 0.25) is 5.91 Å². The summed E-state index contributed by atoms with van der Waals surface area (Å²) >= 11 is 0. The average molecular weight is 768 g/mol. The third kappa shape index (κ3) is 23.2. The summed E-state index contributed by atoms with van der Waals surface area (Å²) in [4.78, 5) is 13.0. The van der Waals surface area contributed by atoms with E-state index in [1.165, 1.54) is 38.5 Å². The van der Waals surface area contributed by atoms with Crippen LogP contribution in [-0.4, -0.2) is 110 Å². The summed E-state index contributed by atoms with van der Waals surface area (Å²) in [5, 5.41) is 75.3. The Labute approximate surface area is 326 Å². The normalized spacial score (nSPS) is 23.2. The molecule has 1 heterocycles. The van der Waals surface area contributed by atoms with Gasteiger partial charge in [-0.25, -0.2) is 0 Å². The topological polar surface area (TPSA) is 189 Å². The first-order valence-electron chi connectivity index (χ1n) is 21.0. The zero-order valence-corrected chi connectivity index (χ0v) is 33.4. The van der Waals surface area contributed by atoms with Crippen molar-refractivity contribution in [2.45, 2.75) is 204 Å². The molecule has 54 heavy (non-hydrogen) atoms. The molecule has 1 fully saturated rings. The molecule has 0 aliphatic carbocycles. The fourth-order valence-electron chi connectivity index (χ4n) is 6.23. The van der Waals surface area contributed by atoms with Crippen molar-refractivity contribution in [2.24, 2.45) is 0 Å². The molecule has 9 atom stereocenters. The number of unbranched alkanes of at least 4 members (excludes halogenated alkanes) is 13. The highest BCUT2D eigenvalue weighted by Crippen LogP contribution is 2.23. The summed E-state index contributed by atoms with van der Waals surface area (Å²) < 4.78 is 11.0. The first-order valence-corrected chi connectivity index (χ1v) is 21.0. The van der Waals surface area contributed by atoms with Crippen molar-refractivity contribution in [1.82, 2.24) is 5.32 Å². The van der Waals surface area contributed by atoms with Crippen molar-refractivity contribution in [2.75, 3.05) is 13.2 Å². The second-order valence-electron chi connectivity index (χ2n) is 14.7. The van der Waals surface area contributed by atoms with Crippen LogP contribution in [0.2, 0.25) is 0 Å². The van der Waals surface area contributed by atoms with Gasteiger partial charge in [0.05, 0.1) is 25.4 Å². The lowest BCUT2D eigenvalue weighted by molar-refractivity contribution is -0.303. The average Bonchev–Trinajstić information content (AvgIpc) is 3.17. The summed E-state index contributed by atoms with van der Waals surface area (Å²) in [7, 11) is 0. The van der Waals surface area contributed by atoms with Crippen LogP contribution in [0, 0.1) is 0 Å². The van der Waals surface area contributed by atoms with Gasteiger partial charge in [-0.2, -0.15) is 0 Å². The fourth-order valence-corrected chi connectivity index (χ4v) is 6.23. The predicted octanol–water partition coefficient (Wildman–Crippen LogP) is 5.83. The minimum atomic E-state index is -1.67. The van der Waals surface area contributed by atoms with E-state index in [-0.39, 0.29) is 12.8 Å². The number of hydrogen-bond acceptors (Lipinski definition) is 10. The molecule has 1 saturated heterocycles. The Hall–Kier alpha value is -1.93. The van der Waals surface area contributed by atoms with Crippen molar-refractivity contribution in [1.29, 1.82) is 0 Å². The molecule has 0 aromatic carbocycles. The Balaban J connectivity index is 2.57. The number of nitrogens with one attached hydrogen (secondary N) is 1. The van der Waals surface area contributed by atoms with Gasteiger partial charge < -0.3 is 50.5 Å². The lowest BCUT2D eigenvalue weighted by Gasteiger charge is -2.40. The first-order chi connectivity index (χ1) is 26.2. The van der Waals surface area contributed by atoms with Crippen LogP contribution in [0.4, 0.5) is 0 Å². The van der Waals surface area contributed by atoms with Crippen molar-refractivity contribution in [3.05, 3.63) is 48.6 Å². The number of allylic oxidation sites excluding steroid dienone is 8. The number of carbonyl (C=O) groups is 1. The van der Waals surface area contributed by atoms with Gasteiger partial charge in [0.1, 0.15) is 36.6 Å². The number of ether oxygens (including phenoxy) is 2. The van der Waals surface area contributed by atoms with E-state index in [0.717, 1.165) is 64.2 Å². The zero-order chi connectivity index (χ0) is 39.8. The number of amides is 1. The SMILES string of the molecule is CCCCC/C=C\CCCCCCC(O)C(=O)NC(COC1OC(CO)C(O)C(O)C1O)C(O)C(O)CCC/C=C/CC/C=C/CC/C=C/CCCCC. The van der Waals surface area contributed by atoms with Crippen LogP contribution in [0.1, 0.15) is 149 Å². The maximum Gasteiger partial charge on any atom is 0.249 e. The van der Waals surface area contributed by atoms with E-state index in [9.17, 15) is 40.5 Å². The summed E-state index contributed by atoms with van der Waals surface area (Å²) in [5.41, 5.74) is 0. The van der Waals surface area contributed by atoms with E-state index >= 15 is 0 Å². The highest BCUT2D eigenvalue weighted by atomic mass is 16.7. The van der Waals surface area contributed by atoms with E-state index in [0.29, 0.717) is 19.3 Å². The maximum atomic E-state index is 13.0. The van der Waals surface area contributed by atoms with E-state index < -0.39 is 74.2 Å². The second kappa shape index (κ2) is 33.2. The molecule has 314 valence electrons. The number of rotatable bonds is 33. The van der Waals surface area contributed by atoms with Crippen LogP contribution in [0.3, 0.4) is 0 Å². The van der Waals surface area contributed by atoms with Crippen LogP contribution < -0.4 is 5.32 Å². The first kappa shape index (κ1) is 50.1. The highest BCUT2D eigenvalue weighted by molar-refractivity contribution is 5.80. The van der Waals surface area contributed by atoms with Gasteiger partial charge in [-0.15, -0.1) is 0 Å². The van der Waals surface area contributed by atoms with Crippen LogP contribution in [0.15, 0.2) is 48.6 Å². The van der Waals surface area contributed by atoms with Crippen LogP contribution >= 0.6 is 0 Å². The van der Waals surface area contributed by atoms with E-state index in [1.807, 2.05) is 0 Å². The molecule has 0 radical (unpaired) electrons. The molecule has 1 aliphatic rings. The van der Waals surface area contributed by atoms with Crippen LogP contribution in [-0.2, 0) is 14.3 Å². The van der Waals surface area contributed by atoms with Crippen LogP contribution in [0.25, 0.3) is 0 Å². The molecule has 9 unspecified atom stereocenters. The molecule has 1 amide bonds. The Bertz CT molecular complexity index is 1020. The van der Waals surface area contributed by atoms with Gasteiger partial charge in [-0.3, -0.25) is 4.79 Å². The van der Waals surface area contributed by atoms with E-state index in [2.05, 4.69) is 67.8 Å². The quantitative estimate of drug-likeness (QED) is 0.0298. The number of carbonyl (C=O) groups excluding carboxylic acids is 1. The Morgan fingerprint density at radius 2 is 1.11 bits per heavy atom. The fraction of sp³-hybridized carbons (Fsp3) is 0.791. The molecular weight excluding hydrogens is 690 g/mol. The number of hydrogen-bond donors (Lipinski definition) is 8. The third-order valence-electron chi connectivity index (χ3n) is 9.81. The molecule has 1 rings (SSSR count). The minimum Gasteiger partial charge on any atom is -0.394 e. The third-order valence-corrected chi connectivity index (χ3v) is 9.81. The van der Waals surface area contributed by atoms with E-state index in [1.54, 1.807) is 0 Å². The second-order valence-corrected chi connectivity index (χ2v) is 14.7. The number of aliphatic hydroxyl groups excluding tert-OH is 7. The van der Waals surface area contributed by atoms with Crippen molar-refractivity contribution in [3.8, 4) is 0 Å². The molecular formula is C43H77NO10. The highest BCUT2D eigenvalue weighted by Gasteiger charge is 2.44. The van der Waals surface area contributed by atoms with Crippen molar-refractivity contribution >= 4 is 5.91 Å². The summed E-state index contributed by atoms with van der Waals surface area (Å²) in [6, 6.07) is -1.20. The Kier molecular flexibility index (Phi) is 30.8. The lowest BCUT2D eigenvalue weighted by Crippen LogP contribution is -2.60. The van der Waals surface area contributed by atoms with Gasteiger partial charge in [0.25, 0.3) is 0 Å². The molecule has 1 aliphatic heterocycles. The van der Waals surface area contributed by atoms with Gasteiger partial charge in [-0.05, 0) is 89.9 Å². The van der Waals surface area contributed by atoms with Gasteiger partial charge in [0, 0.05) is 0 Å². The molecule has 0 spiro atoms. The predicted molar refractivity (Wildman–Crippen MR) is 215 cm³/mol. The standard InChI is InChI=1S/C43H77NO10/c1-3-5-7-9-11-13-15-16-17-18-19-21-22-24-26-28-30-35(46)38(48)34(33-53-43-41(51)40(50)39(49)37(32-45)54-43)44-42(52)36(47)31-29-27-25-23-20-14-12-10-8-6-4-2/h11-14,17-18,22,24,34-41,43,45-51H,3-10,15-16,19-21,23,25-33H2,1-2H3,(H,44,52)/b13-11+,14-12-,18-17+,24-22+. The molecule has 11 nitrogen and oxygen atoms in total. The van der Waals surface area contributed by atoms with Gasteiger partial charge in [0.15, 0.2) is 6.29 Å². The molecule has 11 heteroatoms.